The van der Waals surface area contributed by atoms with Gasteiger partial charge in [-0.25, -0.2) is 0 Å². The van der Waals surface area contributed by atoms with E-state index >= 15 is 0 Å². The topological polar surface area (TPSA) is 75.3 Å². The third-order valence-electron chi connectivity index (χ3n) is 3.85. The van der Waals surface area contributed by atoms with Crippen LogP contribution in [0.15, 0.2) is 30.3 Å². The van der Waals surface area contributed by atoms with Crippen molar-refractivity contribution in [2.45, 2.75) is 51.1 Å². The van der Waals surface area contributed by atoms with Gasteiger partial charge < -0.3 is 10.6 Å². The van der Waals surface area contributed by atoms with Gasteiger partial charge in [-0.2, -0.15) is 0 Å². The zero-order chi connectivity index (χ0) is 15.9. The number of amides is 2. The maximum absolute atomic E-state index is 12.1. The third kappa shape index (κ3) is 4.69. The van der Waals surface area contributed by atoms with Crippen molar-refractivity contribution in [2.75, 3.05) is 0 Å². The SMILES string of the molecule is C[C@H](NC(=O)Cc1ccccc1)C(=O)NC1CCCCC1=O. The summed E-state index contributed by atoms with van der Waals surface area (Å²) in [5.41, 5.74) is 0.898. The Hall–Kier alpha value is -2.17. The summed E-state index contributed by atoms with van der Waals surface area (Å²) in [6.07, 6.45) is 3.30. The summed E-state index contributed by atoms with van der Waals surface area (Å²) in [6, 6.07) is 8.32. The number of benzene rings is 1. The zero-order valence-corrected chi connectivity index (χ0v) is 12.8. The van der Waals surface area contributed by atoms with Gasteiger partial charge in [-0.1, -0.05) is 36.8 Å². The molecule has 1 aliphatic rings. The summed E-state index contributed by atoms with van der Waals surface area (Å²) in [5.74, 6) is -0.423. The van der Waals surface area contributed by atoms with Crippen LogP contribution in [0.25, 0.3) is 0 Å². The van der Waals surface area contributed by atoms with Gasteiger partial charge in [0.1, 0.15) is 6.04 Å². The highest BCUT2D eigenvalue weighted by Gasteiger charge is 2.26. The smallest absolute Gasteiger partial charge is 0.242 e. The first-order chi connectivity index (χ1) is 10.6. The second kappa shape index (κ2) is 7.73. The monoisotopic (exact) mass is 302 g/mol. The van der Waals surface area contributed by atoms with Crippen LogP contribution in [0.1, 0.15) is 38.2 Å². The standard InChI is InChI=1S/C17H22N2O3/c1-12(17(22)19-14-9-5-6-10-15(14)20)18-16(21)11-13-7-3-2-4-8-13/h2-4,7-8,12,14H,5-6,9-11H2,1H3,(H,18,21)(H,19,22)/t12-,14?/m0/s1. The minimum absolute atomic E-state index is 0.0856. The van der Waals surface area contributed by atoms with Crippen LogP contribution in [-0.2, 0) is 20.8 Å². The molecule has 1 aliphatic carbocycles. The number of carbonyl (C=O) groups excluding carboxylic acids is 3. The van der Waals surface area contributed by atoms with Gasteiger partial charge in [-0.3, -0.25) is 14.4 Å². The fourth-order valence-electron chi connectivity index (χ4n) is 2.57. The minimum atomic E-state index is -0.647. The minimum Gasteiger partial charge on any atom is -0.345 e. The van der Waals surface area contributed by atoms with Crippen LogP contribution in [0.5, 0.6) is 0 Å². The summed E-state index contributed by atoms with van der Waals surface area (Å²) in [5, 5.41) is 5.40. The molecule has 0 bridgehead atoms. The highest BCUT2D eigenvalue weighted by Crippen LogP contribution is 2.14. The third-order valence-corrected chi connectivity index (χ3v) is 3.85. The Bertz CT molecular complexity index is 542. The molecule has 2 rings (SSSR count). The lowest BCUT2D eigenvalue weighted by atomic mass is 9.94. The largest absolute Gasteiger partial charge is 0.345 e. The van der Waals surface area contributed by atoms with E-state index in [2.05, 4.69) is 10.6 Å². The van der Waals surface area contributed by atoms with Gasteiger partial charge >= 0.3 is 0 Å². The summed E-state index contributed by atoms with van der Waals surface area (Å²) in [6.45, 7) is 1.63. The first-order valence-electron chi connectivity index (χ1n) is 7.72. The van der Waals surface area contributed by atoms with Crippen LogP contribution >= 0.6 is 0 Å². The Balaban J connectivity index is 1.80. The van der Waals surface area contributed by atoms with Crippen LogP contribution < -0.4 is 10.6 Å². The van der Waals surface area contributed by atoms with E-state index in [-0.39, 0.29) is 24.0 Å². The summed E-state index contributed by atoms with van der Waals surface area (Å²) < 4.78 is 0. The molecule has 2 N–H and O–H groups in total. The molecule has 1 aromatic carbocycles. The van der Waals surface area contributed by atoms with Crippen molar-refractivity contribution in [3.63, 3.8) is 0 Å². The molecule has 118 valence electrons. The van der Waals surface area contributed by atoms with Crippen molar-refractivity contribution in [3.05, 3.63) is 35.9 Å². The molecule has 22 heavy (non-hydrogen) atoms. The van der Waals surface area contributed by atoms with Crippen molar-refractivity contribution >= 4 is 17.6 Å². The van der Waals surface area contributed by atoms with Crippen LogP contribution in [0.2, 0.25) is 0 Å². The second-order valence-electron chi connectivity index (χ2n) is 5.72. The maximum Gasteiger partial charge on any atom is 0.242 e. The number of nitrogens with one attached hydrogen (secondary N) is 2. The number of carbonyl (C=O) groups is 3. The van der Waals surface area contributed by atoms with Crippen molar-refractivity contribution in [1.29, 1.82) is 0 Å². The molecule has 0 radical (unpaired) electrons. The maximum atomic E-state index is 12.1. The first-order valence-corrected chi connectivity index (χ1v) is 7.72. The van der Waals surface area contributed by atoms with Gasteiger partial charge in [0.25, 0.3) is 0 Å². The Morgan fingerprint density at radius 1 is 1.23 bits per heavy atom. The van der Waals surface area contributed by atoms with Gasteiger partial charge in [-0.15, -0.1) is 0 Å². The molecule has 0 aromatic heterocycles. The van der Waals surface area contributed by atoms with Crippen molar-refractivity contribution in [1.82, 2.24) is 10.6 Å². The van der Waals surface area contributed by atoms with E-state index in [1.54, 1.807) is 6.92 Å². The fraction of sp³-hybridized carbons (Fsp3) is 0.471. The Labute approximate surface area is 130 Å². The molecule has 1 fully saturated rings. The van der Waals surface area contributed by atoms with Gasteiger partial charge in [0.2, 0.25) is 11.8 Å². The van der Waals surface area contributed by atoms with Crippen molar-refractivity contribution in [2.24, 2.45) is 0 Å². The van der Waals surface area contributed by atoms with Crippen molar-refractivity contribution in [3.8, 4) is 0 Å². The highest BCUT2D eigenvalue weighted by molar-refractivity contribution is 5.93. The molecule has 0 saturated heterocycles. The van der Waals surface area contributed by atoms with E-state index in [4.69, 9.17) is 0 Å². The van der Waals surface area contributed by atoms with E-state index in [1.165, 1.54) is 0 Å². The lowest BCUT2D eigenvalue weighted by molar-refractivity contribution is -0.131. The molecule has 5 heteroatoms. The number of hydrogen-bond acceptors (Lipinski definition) is 3. The van der Waals surface area contributed by atoms with E-state index in [0.29, 0.717) is 12.8 Å². The molecular formula is C17H22N2O3. The number of rotatable bonds is 5. The van der Waals surface area contributed by atoms with Gasteiger partial charge in [-0.05, 0) is 25.3 Å². The van der Waals surface area contributed by atoms with Crippen LogP contribution in [0.4, 0.5) is 0 Å². The molecule has 0 heterocycles. The average Bonchev–Trinajstić information content (AvgIpc) is 2.50. The number of ketones is 1. The molecule has 1 aromatic rings. The van der Waals surface area contributed by atoms with E-state index in [0.717, 1.165) is 18.4 Å². The summed E-state index contributed by atoms with van der Waals surface area (Å²) in [7, 11) is 0. The predicted molar refractivity (Wildman–Crippen MR) is 83.2 cm³/mol. The van der Waals surface area contributed by atoms with Gasteiger partial charge in [0.15, 0.2) is 5.78 Å². The average molecular weight is 302 g/mol. The van der Waals surface area contributed by atoms with Gasteiger partial charge in [0, 0.05) is 6.42 Å². The molecule has 1 unspecified atom stereocenters. The Kier molecular flexibility index (Phi) is 5.69. The molecule has 0 spiro atoms. The molecule has 0 aliphatic heterocycles. The lowest BCUT2D eigenvalue weighted by Crippen LogP contribution is -2.51. The van der Waals surface area contributed by atoms with E-state index in [9.17, 15) is 14.4 Å². The zero-order valence-electron chi connectivity index (χ0n) is 12.8. The summed E-state index contributed by atoms with van der Waals surface area (Å²) in [4.78, 5) is 35.7. The molecule has 1 saturated carbocycles. The van der Waals surface area contributed by atoms with Crippen LogP contribution in [0.3, 0.4) is 0 Å². The highest BCUT2D eigenvalue weighted by atomic mass is 16.2. The second-order valence-corrected chi connectivity index (χ2v) is 5.72. The quantitative estimate of drug-likeness (QED) is 0.862. The first kappa shape index (κ1) is 16.2. The fourth-order valence-corrected chi connectivity index (χ4v) is 2.57. The lowest BCUT2D eigenvalue weighted by Gasteiger charge is -2.23. The van der Waals surface area contributed by atoms with Gasteiger partial charge in [0.05, 0.1) is 12.5 Å². The predicted octanol–water partition coefficient (Wildman–Crippen LogP) is 1.36. The normalized spacial score (nSPS) is 19.3. The van der Waals surface area contributed by atoms with Crippen molar-refractivity contribution < 1.29 is 14.4 Å². The Morgan fingerprint density at radius 2 is 1.95 bits per heavy atom. The molecule has 5 nitrogen and oxygen atoms in total. The molecule has 2 atom stereocenters. The van der Waals surface area contributed by atoms with E-state index < -0.39 is 12.1 Å². The van der Waals surface area contributed by atoms with Crippen LogP contribution in [0, 0.1) is 0 Å². The van der Waals surface area contributed by atoms with Crippen LogP contribution in [-0.4, -0.2) is 29.7 Å². The molecule has 2 amide bonds. The molecular weight excluding hydrogens is 280 g/mol. The number of Topliss-reactive ketones (excluding diaryl/α,β-unsaturated/α-hetero) is 1. The Morgan fingerprint density at radius 3 is 2.64 bits per heavy atom. The van der Waals surface area contributed by atoms with E-state index in [1.807, 2.05) is 30.3 Å². The number of hydrogen-bond donors (Lipinski definition) is 2. The summed E-state index contributed by atoms with van der Waals surface area (Å²) >= 11 is 0.